The van der Waals surface area contributed by atoms with Crippen molar-refractivity contribution in [2.45, 2.75) is 33.1 Å². The SMILES string of the molecule is CCCN(CC1CC1)c1nc(C)nc2c(-c3cccnc3)cccc12. The minimum atomic E-state index is 0.829. The van der Waals surface area contributed by atoms with Gasteiger partial charge in [0, 0.05) is 42.0 Å². The Morgan fingerprint density at radius 3 is 2.72 bits per heavy atom. The molecule has 4 nitrogen and oxygen atoms in total. The first-order valence-corrected chi connectivity index (χ1v) is 9.19. The van der Waals surface area contributed by atoms with Crippen LogP contribution in [-0.4, -0.2) is 28.0 Å². The third kappa shape index (κ3) is 3.34. The van der Waals surface area contributed by atoms with Crippen LogP contribution < -0.4 is 4.90 Å². The summed E-state index contributed by atoms with van der Waals surface area (Å²) in [7, 11) is 0. The first kappa shape index (κ1) is 16.0. The topological polar surface area (TPSA) is 41.9 Å². The zero-order chi connectivity index (χ0) is 17.2. The van der Waals surface area contributed by atoms with Crippen LogP contribution in [0.15, 0.2) is 42.7 Å². The summed E-state index contributed by atoms with van der Waals surface area (Å²) in [5.74, 6) is 2.75. The maximum Gasteiger partial charge on any atom is 0.140 e. The van der Waals surface area contributed by atoms with E-state index in [1.165, 1.54) is 12.8 Å². The number of nitrogens with zero attached hydrogens (tertiary/aromatic N) is 4. The highest BCUT2D eigenvalue weighted by atomic mass is 15.2. The Morgan fingerprint density at radius 1 is 1.12 bits per heavy atom. The first-order chi connectivity index (χ1) is 12.3. The molecule has 4 rings (SSSR count). The van der Waals surface area contributed by atoms with Crippen molar-refractivity contribution in [2.75, 3.05) is 18.0 Å². The predicted molar refractivity (Wildman–Crippen MR) is 103 cm³/mol. The molecule has 1 aromatic carbocycles. The number of hydrogen-bond acceptors (Lipinski definition) is 4. The van der Waals surface area contributed by atoms with Crippen molar-refractivity contribution in [1.29, 1.82) is 0 Å². The van der Waals surface area contributed by atoms with Crippen molar-refractivity contribution in [3.63, 3.8) is 0 Å². The lowest BCUT2D eigenvalue weighted by Gasteiger charge is -2.25. The lowest BCUT2D eigenvalue weighted by molar-refractivity contribution is 0.699. The van der Waals surface area contributed by atoms with Crippen molar-refractivity contribution in [3.05, 3.63) is 48.5 Å². The number of aryl methyl sites for hydroxylation is 1. The smallest absolute Gasteiger partial charge is 0.140 e. The molecule has 0 aliphatic heterocycles. The standard InChI is InChI=1S/C21H24N4/c1-3-12-25(14-16-9-10-16)21-19-8-4-7-18(17-6-5-11-22-13-17)20(19)23-15(2)24-21/h4-8,11,13,16H,3,9-10,12,14H2,1-2H3. The molecule has 0 N–H and O–H groups in total. The highest BCUT2D eigenvalue weighted by molar-refractivity contribution is 5.99. The summed E-state index contributed by atoms with van der Waals surface area (Å²) >= 11 is 0. The van der Waals surface area contributed by atoms with Crippen molar-refractivity contribution < 1.29 is 0 Å². The number of anilines is 1. The monoisotopic (exact) mass is 332 g/mol. The summed E-state index contributed by atoms with van der Waals surface area (Å²) in [4.78, 5) is 16.4. The summed E-state index contributed by atoms with van der Waals surface area (Å²) in [6.45, 7) is 6.37. The van der Waals surface area contributed by atoms with E-state index in [2.05, 4.69) is 41.1 Å². The molecule has 25 heavy (non-hydrogen) atoms. The van der Waals surface area contributed by atoms with Crippen LogP contribution in [0.5, 0.6) is 0 Å². The largest absolute Gasteiger partial charge is 0.356 e. The fourth-order valence-electron chi connectivity index (χ4n) is 3.41. The van der Waals surface area contributed by atoms with Gasteiger partial charge in [0.05, 0.1) is 5.52 Å². The molecule has 1 saturated carbocycles. The minimum absolute atomic E-state index is 0.829. The average Bonchev–Trinajstić information content (AvgIpc) is 3.45. The van der Waals surface area contributed by atoms with Gasteiger partial charge in [0.2, 0.25) is 0 Å². The lowest BCUT2D eigenvalue weighted by atomic mass is 10.0. The zero-order valence-electron chi connectivity index (χ0n) is 14.9. The zero-order valence-corrected chi connectivity index (χ0v) is 14.9. The van der Waals surface area contributed by atoms with E-state index in [0.717, 1.165) is 59.1 Å². The summed E-state index contributed by atoms with van der Waals surface area (Å²) in [6, 6.07) is 10.4. The van der Waals surface area contributed by atoms with Gasteiger partial charge in [0.25, 0.3) is 0 Å². The molecule has 1 aliphatic carbocycles. The molecule has 1 aliphatic rings. The predicted octanol–water partition coefficient (Wildman–Crippen LogP) is 4.63. The van der Waals surface area contributed by atoms with Gasteiger partial charge < -0.3 is 4.90 Å². The van der Waals surface area contributed by atoms with E-state index in [0.29, 0.717) is 0 Å². The molecule has 2 heterocycles. The minimum Gasteiger partial charge on any atom is -0.356 e. The number of fused-ring (bicyclic) bond motifs is 1. The number of rotatable bonds is 6. The van der Waals surface area contributed by atoms with Crippen LogP contribution in [0.3, 0.4) is 0 Å². The molecule has 0 spiro atoms. The number of aromatic nitrogens is 3. The summed E-state index contributed by atoms with van der Waals surface area (Å²) in [6.07, 6.45) is 7.53. The molecule has 0 amide bonds. The molecule has 3 aromatic rings. The first-order valence-electron chi connectivity index (χ1n) is 9.19. The normalized spacial score (nSPS) is 14.0. The molecule has 0 atom stereocenters. The van der Waals surface area contributed by atoms with E-state index in [-0.39, 0.29) is 0 Å². The van der Waals surface area contributed by atoms with Crippen molar-refractivity contribution in [3.8, 4) is 11.1 Å². The van der Waals surface area contributed by atoms with E-state index in [9.17, 15) is 0 Å². The van der Waals surface area contributed by atoms with E-state index >= 15 is 0 Å². The van der Waals surface area contributed by atoms with Crippen molar-refractivity contribution in [1.82, 2.24) is 15.0 Å². The van der Waals surface area contributed by atoms with E-state index in [1.54, 1.807) is 6.20 Å². The number of para-hydroxylation sites is 1. The second-order valence-corrected chi connectivity index (χ2v) is 6.93. The van der Waals surface area contributed by atoms with Crippen LogP contribution in [0.25, 0.3) is 22.0 Å². The van der Waals surface area contributed by atoms with Crippen LogP contribution in [0, 0.1) is 12.8 Å². The Balaban J connectivity index is 1.87. The second kappa shape index (κ2) is 6.79. The van der Waals surface area contributed by atoms with E-state index < -0.39 is 0 Å². The van der Waals surface area contributed by atoms with Crippen LogP contribution in [0.4, 0.5) is 5.82 Å². The maximum absolute atomic E-state index is 4.84. The van der Waals surface area contributed by atoms with Crippen LogP contribution in [-0.2, 0) is 0 Å². The van der Waals surface area contributed by atoms with Gasteiger partial charge in [-0.25, -0.2) is 9.97 Å². The third-order valence-corrected chi connectivity index (χ3v) is 4.76. The fraction of sp³-hybridized carbons (Fsp3) is 0.381. The molecule has 0 radical (unpaired) electrons. The van der Waals surface area contributed by atoms with Crippen LogP contribution >= 0.6 is 0 Å². The van der Waals surface area contributed by atoms with E-state index in [1.807, 2.05) is 19.2 Å². The van der Waals surface area contributed by atoms with Gasteiger partial charge >= 0.3 is 0 Å². The van der Waals surface area contributed by atoms with Gasteiger partial charge in [-0.05, 0) is 44.2 Å². The Hall–Kier alpha value is -2.49. The van der Waals surface area contributed by atoms with Gasteiger partial charge in [-0.3, -0.25) is 4.98 Å². The molecule has 0 unspecified atom stereocenters. The van der Waals surface area contributed by atoms with Crippen LogP contribution in [0.2, 0.25) is 0 Å². The summed E-state index contributed by atoms with van der Waals surface area (Å²) in [5, 5.41) is 1.14. The van der Waals surface area contributed by atoms with Crippen molar-refractivity contribution >= 4 is 16.7 Å². The summed E-state index contributed by atoms with van der Waals surface area (Å²) < 4.78 is 0. The Kier molecular flexibility index (Phi) is 4.35. The molecular weight excluding hydrogens is 308 g/mol. The third-order valence-electron chi connectivity index (χ3n) is 4.76. The molecule has 4 heteroatoms. The van der Waals surface area contributed by atoms with Crippen molar-refractivity contribution in [2.24, 2.45) is 5.92 Å². The molecule has 1 fully saturated rings. The number of hydrogen-bond donors (Lipinski definition) is 0. The molecular formula is C21H24N4. The Bertz CT molecular complexity index is 872. The second-order valence-electron chi connectivity index (χ2n) is 6.93. The van der Waals surface area contributed by atoms with Gasteiger partial charge in [-0.15, -0.1) is 0 Å². The number of pyridine rings is 1. The summed E-state index contributed by atoms with van der Waals surface area (Å²) in [5.41, 5.74) is 3.25. The number of benzene rings is 1. The van der Waals surface area contributed by atoms with Gasteiger partial charge in [-0.1, -0.05) is 25.1 Å². The van der Waals surface area contributed by atoms with E-state index in [4.69, 9.17) is 9.97 Å². The molecule has 2 aromatic heterocycles. The quantitative estimate of drug-likeness (QED) is 0.660. The molecule has 128 valence electrons. The lowest BCUT2D eigenvalue weighted by Crippen LogP contribution is -2.28. The highest BCUT2D eigenvalue weighted by Crippen LogP contribution is 2.35. The van der Waals surface area contributed by atoms with Gasteiger partial charge in [0.1, 0.15) is 11.6 Å². The van der Waals surface area contributed by atoms with Gasteiger partial charge in [0.15, 0.2) is 0 Å². The fourth-order valence-corrected chi connectivity index (χ4v) is 3.41. The Morgan fingerprint density at radius 2 is 2.00 bits per heavy atom. The highest BCUT2D eigenvalue weighted by Gasteiger charge is 2.26. The molecule has 0 saturated heterocycles. The van der Waals surface area contributed by atoms with Gasteiger partial charge in [-0.2, -0.15) is 0 Å². The molecule has 0 bridgehead atoms. The Labute approximate surface area is 149 Å². The maximum atomic E-state index is 4.84. The van der Waals surface area contributed by atoms with Crippen LogP contribution in [0.1, 0.15) is 32.0 Å². The average molecular weight is 332 g/mol.